The Morgan fingerprint density at radius 1 is 1.17 bits per heavy atom. The first kappa shape index (κ1) is 13.6. The molecule has 2 nitrogen and oxygen atoms in total. The van der Waals surface area contributed by atoms with Crippen LogP contribution in [0.4, 0.5) is 0 Å². The molecule has 1 aromatic heterocycles. The predicted octanol–water partition coefficient (Wildman–Crippen LogP) is 3.52. The SMILES string of the molecule is OC(COCc1ccccc1)Cc1ccc(Cl)s1. The van der Waals surface area contributed by atoms with Crippen LogP contribution < -0.4 is 0 Å². The lowest BCUT2D eigenvalue weighted by atomic mass is 10.2. The molecule has 1 N–H and O–H groups in total. The van der Waals surface area contributed by atoms with Gasteiger partial charge in [0.2, 0.25) is 0 Å². The predicted molar refractivity (Wildman–Crippen MR) is 75.1 cm³/mol. The zero-order chi connectivity index (χ0) is 12.8. The molecule has 0 saturated carbocycles. The average Bonchev–Trinajstić information content (AvgIpc) is 2.76. The lowest BCUT2D eigenvalue weighted by molar-refractivity contribution is 0.0292. The standard InChI is InChI=1S/C14H15ClO2S/c15-14-7-6-13(18-14)8-12(16)10-17-9-11-4-2-1-3-5-11/h1-7,12,16H,8-10H2. The van der Waals surface area contributed by atoms with E-state index in [0.717, 1.165) is 14.8 Å². The molecule has 0 aliphatic heterocycles. The highest BCUT2D eigenvalue weighted by Gasteiger charge is 2.07. The van der Waals surface area contributed by atoms with Gasteiger partial charge >= 0.3 is 0 Å². The molecule has 96 valence electrons. The van der Waals surface area contributed by atoms with E-state index in [0.29, 0.717) is 19.6 Å². The van der Waals surface area contributed by atoms with Crippen molar-refractivity contribution >= 4 is 22.9 Å². The maximum atomic E-state index is 9.83. The molecule has 1 unspecified atom stereocenters. The molecule has 4 heteroatoms. The summed E-state index contributed by atoms with van der Waals surface area (Å²) in [6.45, 7) is 0.869. The number of aliphatic hydroxyl groups is 1. The number of halogens is 1. The summed E-state index contributed by atoms with van der Waals surface area (Å²) >= 11 is 7.33. The number of thiophene rings is 1. The third kappa shape index (κ3) is 4.42. The molecule has 0 aliphatic carbocycles. The van der Waals surface area contributed by atoms with Crippen molar-refractivity contribution in [2.75, 3.05) is 6.61 Å². The fourth-order valence-electron chi connectivity index (χ4n) is 1.64. The highest BCUT2D eigenvalue weighted by atomic mass is 35.5. The normalized spacial score (nSPS) is 12.6. The van der Waals surface area contributed by atoms with E-state index in [1.54, 1.807) is 0 Å². The van der Waals surface area contributed by atoms with E-state index in [2.05, 4.69) is 0 Å². The third-order valence-electron chi connectivity index (χ3n) is 2.49. The average molecular weight is 283 g/mol. The summed E-state index contributed by atoms with van der Waals surface area (Å²) in [5.41, 5.74) is 1.11. The minimum atomic E-state index is -0.483. The first-order chi connectivity index (χ1) is 8.74. The highest BCUT2D eigenvalue weighted by molar-refractivity contribution is 7.16. The fraction of sp³-hybridized carbons (Fsp3) is 0.286. The summed E-state index contributed by atoms with van der Waals surface area (Å²) < 4.78 is 6.23. The molecule has 2 aromatic rings. The number of aliphatic hydroxyl groups excluding tert-OH is 1. The topological polar surface area (TPSA) is 29.5 Å². The number of hydrogen-bond acceptors (Lipinski definition) is 3. The van der Waals surface area contributed by atoms with Gasteiger partial charge in [0.1, 0.15) is 0 Å². The van der Waals surface area contributed by atoms with Crippen LogP contribution >= 0.6 is 22.9 Å². The van der Waals surface area contributed by atoms with Crippen molar-refractivity contribution in [1.29, 1.82) is 0 Å². The Morgan fingerprint density at radius 2 is 1.94 bits per heavy atom. The number of benzene rings is 1. The van der Waals surface area contributed by atoms with Gasteiger partial charge in [0.05, 0.1) is 23.7 Å². The van der Waals surface area contributed by atoms with Crippen LogP contribution in [0.15, 0.2) is 42.5 Å². The van der Waals surface area contributed by atoms with Gasteiger partial charge in [-0.1, -0.05) is 41.9 Å². The lowest BCUT2D eigenvalue weighted by Gasteiger charge is -2.10. The monoisotopic (exact) mass is 282 g/mol. The minimum absolute atomic E-state index is 0.338. The Morgan fingerprint density at radius 3 is 2.61 bits per heavy atom. The zero-order valence-corrected chi connectivity index (χ0v) is 11.5. The largest absolute Gasteiger partial charge is 0.390 e. The first-order valence-corrected chi connectivity index (χ1v) is 6.97. The molecule has 18 heavy (non-hydrogen) atoms. The summed E-state index contributed by atoms with van der Waals surface area (Å²) in [4.78, 5) is 1.08. The van der Waals surface area contributed by atoms with Crippen LogP contribution in [0.2, 0.25) is 4.34 Å². The third-order valence-corrected chi connectivity index (χ3v) is 3.74. The molecule has 0 fully saturated rings. The molecule has 0 saturated heterocycles. The van der Waals surface area contributed by atoms with Gasteiger partial charge in [0, 0.05) is 11.3 Å². The van der Waals surface area contributed by atoms with E-state index < -0.39 is 6.10 Å². The van der Waals surface area contributed by atoms with Crippen molar-refractivity contribution in [3.05, 3.63) is 57.2 Å². The second-order valence-corrected chi connectivity index (χ2v) is 5.86. The van der Waals surface area contributed by atoms with Crippen molar-refractivity contribution < 1.29 is 9.84 Å². The summed E-state index contributed by atoms with van der Waals surface area (Å²) in [5.74, 6) is 0. The Hall–Kier alpha value is -0.870. The van der Waals surface area contributed by atoms with Crippen LogP contribution in [-0.2, 0) is 17.8 Å². The summed E-state index contributed by atoms with van der Waals surface area (Å²) in [6.07, 6.45) is 0.107. The molecule has 2 rings (SSSR count). The van der Waals surface area contributed by atoms with Gasteiger partial charge in [-0.25, -0.2) is 0 Å². The fourth-order valence-corrected chi connectivity index (χ4v) is 2.80. The highest BCUT2D eigenvalue weighted by Crippen LogP contribution is 2.22. The second-order valence-electron chi connectivity index (χ2n) is 4.06. The van der Waals surface area contributed by atoms with E-state index in [1.165, 1.54) is 11.3 Å². The van der Waals surface area contributed by atoms with Crippen LogP contribution in [0.3, 0.4) is 0 Å². The first-order valence-electron chi connectivity index (χ1n) is 5.78. The summed E-state index contributed by atoms with van der Waals surface area (Å²) in [7, 11) is 0. The lowest BCUT2D eigenvalue weighted by Crippen LogP contribution is -2.17. The van der Waals surface area contributed by atoms with Crippen LogP contribution in [-0.4, -0.2) is 17.8 Å². The quantitative estimate of drug-likeness (QED) is 0.878. The van der Waals surface area contributed by atoms with Crippen molar-refractivity contribution in [2.24, 2.45) is 0 Å². The Balaban J connectivity index is 1.70. The molecular formula is C14H15ClO2S. The zero-order valence-electron chi connectivity index (χ0n) is 9.88. The van der Waals surface area contributed by atoms with E-state index in [-0.39, 0.29) is 0 Å². The molecule has 0 aliphatic rings. The van der Waals surface area contributed by atoms with Gasteiger partial charge in [-0.15, -0.1) is 11.3 Å². The van der Waals surface area contributed by atoms with E-state index in [9.17, 15) is 5.11 Å². The Kier molecular flexibility index (Phi) is 5.20. The van der Waals surface area contributed by atoms with Crippen molar-refractivity contribution in [3.8, 4) is 0 Å². The Bertz CT molecular complexity index is 470. The molecule has 0 radical (unpaired) electrons. The van der Waals surface area contributed by atoms with Gasteiger partial charge in [-0.2, -0.15) is 0 Å². The van der Waals surface area contributed by atoms with Crippen molar-refractivity contribution in [3.63, 3.8) is 0 Å². The van der Waals surface area contributed by atoms with Crippen molar-refractivity contribution in [2.45, 2.75) is 19.1 Å². The second kappa shape index (κ2) is 6.90. The van der Waals surface area contributed by atoms with Gasteiger partial charge in [-0.3, -0.25) is 0 Å². The van der Waals surface area contributed by atoms with Gasteiger partial charge in [-0.05, 0) is 17.7 Å². The van der Waals surface area contributed by atoms with Gasteiger partial charge in [0.25, 0.3) is 0 Å². The number of hydrogen-bond donors (Lipinski definition) is 1. The van der Waals surface area contributed by atoms with E-state index in [4.69, 9.17) is 16.3 Å². The molecule has 1 aromatic carbocycles. The maximum absolute atomic E-state index is 9.83. The molecule has 0 amide bonds. The smallest absolute Gasteiger partial charge is 0.0931 e. The van der Waals surface area contributed by atoms with Crippen molar-refractivity contribution in [1.82, 2.24) is 0 Å². The summed E-state index contributed by atoms with van der Waals surface area (Å²) in [6, 6.07) is 13.7. The van der Waals surface area contributed by atoms with Gasteiger partial charge in [0.15, 0.2) is 0 Å². The van der Waals surface area contributed by atoms with Gasteiger partial charge < -0.3 is 9.84 Å². The molecule has 1 heterocycles. The molecular weight excluding hydrogens is 268 g/mol. The number of rotatable bonds is 6. The molecule has 1 atom stereocenters. The van der Waals surface area contributed by atoms with E-state index in [1.807, 2.05) is 42.5 Å². The summed E-state index contributed by atoms with van der Waals surface area (Å²) in [5, 5.41) is 9.83. The van der Waals surface area contributed by atoms with Crippen LogP contribution in [0.5, 0.6) is 0 Å². The minimum Gasteiger partial charge on any atom is -0.390 e. The van der Waals surface area contributed by atoms with Crippen LogP contribution in [0, 0.1) is 0 Å². The van der Waals surface area contributed by atoms with Crippen LogP contribution in [0.25, 0.3) is 0 Å². The van der Waals surface area contributed by atoms with E-state index >= 15 is 0 Å². The van der Waals surface area contributed by atoms with Crippen LogP contribution in [0.1, 0.15) is 10.4 Å². The number of ether oxygens (including phenoxy) is 1. The molecule has 0 bridgehead atoms. The molecule has 0 spiro atoms. The maximum Gasteiger partial charge on any atom is 0.0931 e. The Labute approximate surface area is 116 Å².